The summed E-state index contributed by atoms with van der Waals surface area (Å²) in [6.45, 7) is 1.87. The van der Waals surface area contributed by atoms with Gasteiger partial charge in [-0.3, -0.25) is 4.79 Å². The molecular formula is C16H16Cl2N2O2S. The van der Waals surface area contributed by atoms with E-state index >= 15 is 0 Å². The zero-order chi connectivity index (χ0) is 16.8. The number of carbonyl (C=O) groups excluding carboxylic acids is 1. The molecule has 2 rings (SSSR count). The second-order valence-corrected chi connectivity index (χ2v) is 7.13. The summed E-state index contributed by atoms with van der Waals surface area (Å²) in [5.41, 5.74) is 0.563. The molecule has 0 spiro atoms. The molecule has 0 saturated carbocycles. The number of nitrogens with one attached hydrogen (secondary N) is 1. The Morgan fingerprint density at radius 2 is 2.00 bits per heavy atom. The van der Waals surface area contributed by atoms with Gasteiger partial charge in [-0.1, -0.05) is 41.0 Å². The van der Waals surface area contributed by atoms with Gasteiger partial charge in [0.1, 0.15) is 0 Å². The van der Waals surface area contributed by atoms with Gasteiger partial charge >= 0.3 is 0 Å². The third-order valence-electron chi connectivity index (χ3n) is 3.04. The fourth-order valence-electron chi connectivity index (χ4n) is 1.88. The normalized spacial score (nSPS) is 13.4. The molecule has 23 heavy (non-hydrogen) atoms. The van der Waals surface area contributed by atoms with E-state index in [1.54, 1.807) is 31.3 Å². The molecule has 2 atom stereocenters. The highest BCUT2D eigenvalue weighted by Crippen LogP contribution is 2.24. The Kier molecular flexibility index (Phi) is 6.72. The predicted molar refractivity (Wildman–Crippen MR) is 94.0 cm³/mol. The van der Waals surface area contributed by atoms with Gasteiger partial charge in [0.15, 0.2) is 0 Å². The minimum Gasteiger partial charge on any atom is -0.387 e. The van der Waals surface area contributed by atoms with E-state index in [-0.39, 0.29) is 17.7 Å². The van der Waals surface area contributed by atoms with Gasteiger partial charge in [0, 0.05) is 22.8 Å². The Hall–Kier alpha value is -1.27. The van der Waals surface area contributed by atoms with Crippen molar-refractivity contribution in [2.75, 3.05) is 6.54 Å². The van der Waals surface area contributed by atoms with E-state index in [1.807, 2.05) is 18.2 Å². The molecule has 7 heteroatoms. The minimum atomic E-state index is -0.873. The van der Waals surface area contributed by atoms with Crippen LogP contribution in [0.5, 0.6) is 0 Å². The van der Waals surface area contributed by atoms with Gasteiger partial charge in [-0.25, -0.2) is 4.98 Å². The van der Waals surface area contributed by atoms with Gasteiger partial charge in [0.25, 0.3) is 0 Å². The molecule has 0 bridgehead atoms. The molecule has 1 heterocycles. The molecule has 0 aliphatic rings. The lowest BCUT2D eigenvalue weighted by atomic mass is 10.1. The molecule has 2 aromatic rings. The topological polar surface area (TPSA) is 62.2 Å². The van der Waals surface area contributed by atoms with Crippen LogP contribution in [0.1, 0.15) is 18.6 Å². The van der Waals surface area contributed by atoms with Crippen molar-refractivity contribution < 1.29 is 9.90 Å². The third-order valence-corrected chi connectivity index (χ3v) is 4.53. The van der Waals surface area contributed by atoms with Crippen molar-refractivity contribution in [3.63, 3.8) is 0 Å². The number of pyridine rings is 1. The quantitative estimate of drug-likeness (QED) is 0.760. The van der Waals surface area contributed by atoms with Crippen molar-refractivity contribution in [2.45, 2.75) is 23.3 Å². The van der Waals surface area contributed by atoms with Gasteiger partial charge < -0.3 is 10.4 Å². The smallest absolute Gasteiger partial charge is 0.233 e. The lowest BCUT2D eigenvalue weighted by Gasteiger charge is -2.15. The lowest BCUT2D eigenvalue weighted by Crippen LogP contribution is -2.34. The molecule has 1 aromatic carbocycles. The number of rotatable bonds is 6. The van der Waals surface area contributed by atoms with Gasteiger partial charge in [0.05, 0.1) is 16.4 Å². The Labute approximate surface area is 149 Å². The molecule has 0 saturated heterocycles. The molecular weight excluding hydrogens is 355 g/mol. The van der Waals surface area contributed by atoms with Crippen molar-refractivity contribution in [2.24, 2.45) is 0 Å². The van der Waals surface area contributed by atoms with E-state index in [4.69, 9.17) is 23.2 Å². The molecule has 4 nitrogen and oxygen atoms in total. The van der Waals surface area contributed by atoms with Crippen LogP contribution in [0.3, 0.4) is 0 Å². The summed E-state index contributed by atoms with van der Waals surface area (Å²) >= 11 is 13.2. The lowest BCUT2D eigenvalue weighted by molar-refractivity contribution is -0.120. The fourth-order valence-corrected chi connectivity index (χ4v) is 3.25. The van der Waals surface area contributed by atoms with E-state index in [9.17, 15) is 9.90 Å². The SMILES string of the molecule is CC(Sc1ccccn1)C(=O)NCC(O)c1cc(Cl)cc(Cl)c1. The number of benzene rings is 1. The Bertz CT molecular complexity index is 650. The number of hydrogen-bond acceptors (Lipinski definition) is 4. The molecule has 1 aromatic heterocycles. The summed E-state index contributed by atoms with van der Waals surface area (Å²) in [6, 6.07) is 10.4. The maximum atomic E-state index is 12.1. The van der Waals surface area contributed by atoms with Crippen molar-refractivity contribution in [1.29, 1.82) is 0 Å². The zero-order valence-electron chi connectivity index (χ0n) is 12.4. The van der Waals surface area contributed by atoms with Crippen LogP contribution in [-0.4, -0.2) is 27.8 Å². The maximum Gasteiger partial charge on any atom is 0.233 e. The van der Waals surface area contributed by atoms with Crippen LogP contribution in [0.4, 0.5) is 0 Å². The summed E-state index contributed by atoms with van der Waals surface area (Å²) in [4.78, 5) is 16.3. The third kappa shape index (κ3) is 5.70. The average molecular weight is 371 g/mol. The number of aliphatic hydroxyl groups is 1. The summed E-state index contributed by atoms with van der Waals surface area (Å²) in [6.07, 6.45) is 0.807. The van der Waals surface area contributed by atoms with Crippen LogP contribution in [0, 0.1) is 0 Å². The molecule has 0 radical (unpaired) electrons. The van der Waals surface area contributed by atoms with E-state index in [2.05, 4.69) is 10.3 Å². The molecule has 0 aliphatic carbocycles. The molecule has 0 fully saturated rings. The first-order chi connectivity index (χ1) is 11.0. The highest BCUT2D eigenvalue weighted by atomic mass is 35.5. The summed E-state index contributed by atoms with van der Waals surface area (Å²) in [5.74, 6) is -0.173. The number of carbonyl (C=O) groups is 1. The highest BCUT2D eigenvalue weighted by molar-refractivity contribution is 8.00. The number of nitrogens with zero attached hydrogens (tertiary/aromatic N) is 1. The second-order valence-electron chi connectivity index (χ2n) is 4.89. The van der Waals surface area contributed by atoms with Crippen molar-refractivity contribution >= 4 is 40.9 Å². The first-order valence-corrected chi connectivity index (χ1v) is 8.58. The van der Waals surface area contributed by atoms with Gasteiger partial charge in [0.2, 0.25) is 5.91 Å². The van der Waals surface area contributed by atoms with E-state index in [0.29, 0.717) is 15.6 Å². The highest BCUT2D eigenvalue weighted by Gasteiger charge is 2.17. The van der Waals surface area contributed by atoms with Crippen LogP contribution in [0.2, 0.25) is 10.0 Å². The monoisotopic (exact) mass is 370 g/mol. The van der Waals surface area contributed by atoms with E-state index < -0.39 is 6.10 Å². The minimum absolute atomic E-state index is 0.0859. The number of thioether (sulfide) groups is 1. The molecule has 2 N–H and O–H groups in total. The van der Waals surface area contributed by atoms with E-state index in [0.717, 1.165) is 5.03 Å². The Morgan fingerprint density at radius 1 is 1.30 bits per heavy atom. The Balaban J connectivity index is 1.88. The van der Waals surface area contributed by atoms with E-state index in [1.165, 1.54) is 11.8 Å². The molecule has 122 valence electrons. The molecule has 0 aliphatic heterocycles. The van der Waals surface area contributed by atoms with Crippen molar-refractivity contribution in [3.05, 3.63) is 58.2 Å². The zero-order valence-corrected chi connectivity index (χ0v) is 14.7. The van der Waals surface area contributed by atoms with Crippen molar-refractivity contribution in [1.82, 2.24) is 10.3 Å². The van der Waals surface area contributed by atoms with Crippen LogP contribution in [0.15, 0.2) is 47.6 Å². The predicted octanol–water partition coefficient (Wildman–Crippen LogP) is 3.72. The average Bonchev–Trinajstić information content (AvgIpc) is 2.52. The summed E-state index contributed by atoms with van der Waals surface area (Å²) < 4.78 is 0. The Morgan fingerprint density at radius 3 is 2.61 bits per heavy atom. The van der Waals surface area contributed by atoms with Crippen LogP contribution < -0.4 is 5.32 Å². The van der Waals surface area contributed by atoms with Gasteiger partial charge in [-0.05, 0) is 42.8 Å². The second kappa shape index (κ2) is 8.55. The standard InChI is InChI=1S/C16H16Cl2N2O2S/c1-10(23-15-4-2-3-5-19-15)16(22)20-9-14(21)11-6-12(17)8-13(18)7-11/h2-8,10,14,21H,9H2,1H3,(H,20,22). The number of halogens is 2. The summed E-state index contributed by atoms with van der Waals surface area (Å²) in [7, 11) is 0. The number of amides is 1. The largest absolute Gasteiger partial charge is 0.387 e. The number of hydrogen-bond donors (Lipinski definition) is 2. The fraction of sp³-hybridized carbons (Fsp3) is 0.250. The van der Waals surface area contributed by atoms with Gasteiger partial charge in [-0.15, -0.1) is 0 Å². The number of aliphatic hydroxyl groups excluding tert-OH is 1. The molecule has 2 unspecified atom stereocenters. The van der Waals surface area contributed by atoms with Crippen LogP contribution >= 0.6 is 35.0 Å². The maximum absolute atomic E-state index is 12.1. The van der Waals surface area contributed by atoms with Gasteiger partial charge in [-0.2, -0.15) is 0 Å². The van der Waals surface area contributed by atoms with Crippen LogP contribution in [0.25, 0.3) is 0 Å². The first kappa shape index (κ1) is 18.1. The number of aromatic nitrogens is 1. The van der Waals surface area contributed by atoms with Crippen molar-refractivity contribution in [3.8, 4) is 0 Å². The first-order valence-electron chi connectivity index (χ1n) is 6.95. The van der Waals surface area contributed by atoms with Crippen LogP contribution in [-0.2, 0) is 4.79 Å². The molecule has 1 amide bonds. The summed E-state index contributed by atoms with van der Waals surface area (Å²) in [5, 5.41) is 14.2.